The maximum Gasteiger partial charge on any atom is 0.315 e. The van der Waals surface area contributed by atoms with Gasteiger partial charge in [0.15, 0.2) is 0 Å². The molecule has 0 saturated heterocycles. The number of rotatable bonds is 2. The van der Waals surface area contributed by atoms with Gasteiger partial charge >= 0.3 is 12.3 Å². The lowest BCUT2D eigenvalue weighted by atomic mass is 10.3. The van der Waals surface area contributed by atoms with E-state index in [1.54, 1.807) is 0 Å². The van der Waals surface area contributed by atoms with E-state index in [2.05, 4.69) is 9.47 Å². The third kappa shape index (κ3) is 1.63. The molecular formula is C6H2F4O3. The zero-order valence-electron chi connectivity index (χ0n) is 5.89. The van der Waals surface area contributed by atoms with Crippen molar-refractivity contribution in [2.45, 2.75) is 6.29 Å². The molecular weight excluding hydrogens is 196 g/mol. The van der Waals surface area contributed by atoms with Crippen molar-refractivity contribution < 1.29 is 31.8 Å². The van der Waals surface area contributed by atoms with Crippen molar-refractivity contribution in [2.24, 2.45) is 0 Å². The van der Waals surface area contributed by atoms with Gasteiger partial charge in [0.05, 0.1) is 0 Å². The number of carbonyl (C=O) groups excluding carboxylic acids is 1. The fourth-order valence-corrected chi connectivity index (χ4v) is 0.630. The Morgan fingerprint density at radius 2 is 1.85 bits per heavy atom. The third-order valence-corrected chi connectivity index (χ3v) is 1.17. The Kier molecular flexibility index (Phi) is 2.54. The van der Waals surface area contributed by atoms with Crippen molar-refractivity contribution >= 4 is 6.47 Å². The van der Waals surface area contributed by atoms with Crippen LogP contribution in [0.4, 0.5) is 17.6 Å². The first-order valence-corrected chi connectivity index (χ1v) is 2.94. The molecule has 0 aromatic heterocycles. The van der Waals surface area contributed by atoms with E-state index in [4.69, 9.17) is 0 Å². The Bertz CT molecular complexity index is 296. The maximum absolute atomic E-state index is 12.5. The van der Waals surface area contributed by atoms with Gasteiger partial charge in [-0.1, -0.05) is 0 Å². The number of hydrogen-bond donors (Lipinski definition) is 0. The lowest BCUT2D eigenvalue weighted by molar-refractivity contribution is -0.157. The summed E-state index contributed by atoms with van der Waals surface area (Å²) in [6.45, 7) is -0.284. The van der Waals surface area contributed by atoms with Gasteiger partial charge in [-0.25, -0.2) is 8.78 Å². The Hall–Kier alpha value is -1.53. The largest absolute Gasteiger partial charge is 0.421 e. The SMILES string of the molecule is O=COC1OC(F)=C(F)C(F)=C1F. The molecule has 1 rings (SSSR count). The van der Waals surface area contributed by atoms with Gasteiger partial charge in [-0.3, -0.25) is 4.79 Å². The number of halogens is 4. The summed E-state index contributed by atoms with van der Waals surface area (Å²) in [7, 11) is 0. The lowest BCUT2D eigenvalue weighted by Gasteiger charge is -2.17. The molecule has 0 saturated carbocycles. The second-order valence-electron chi connectivity index (χ2n) is 1.93. The zero-order valence-corrected chi connectivity index (χ0v) is 5.89. The van der Waals surface area contributed by atoms with Crippen LogP contribution in [0.15, 0.2) is 23.5 Å². The van der Waals surface area contributed by atoms with Gasteiger partial charge in [-0.05, 0) is 0 Å². The van der Waals surface area contributed by atoms with E-state index < -0.39 is 29.8 Å². The standard InChI is InChI=1S/C6H2F4O3/c7-2-3(8)5(10)13-6(4(2)9)12-1-11/h1,6H. The van der Waals surface area contributed by atoms with Crippen molar-refractivity contribution in [3.63, 3.8) is 0 Å². The van der Waals surface area contributed by atoms with Gasteiger partial charge in [-0.15, -0.1) is 0 Å². The van der Waals surface area contributed by atoms with Gasteiger partial charge in [0.25, 0.3) is 6.47 Å². The van der Waals surface area contributed by atoms with Crippen LogP contribution in [0.3, 0.4) is 0 Å². The summed E-state index contributed by atoms with van der Waals surface area (Å²) in [5.74, 6) is -6.00. The summed E-state index contributed by atoms with van der Waals surface area (Å²) in [5, 5.41) is 0. The third-order valence-electron chi connectivity index (χ3n) is 1.17. The van der Waals surface area contributed by atoms with E-state index in [1.165, 1.54) is 0 Å². The van der Waals surface area contributed by atoms with E-state index in [0.29, 0.717) is 0 Å². The predicted octanol–water partition coefficient (Wildman–Crippen LogP) is 1.77. The van der Waals surface area contributed by atoms with Crippen LogP contribution >= 0.6 is 0 Å². The maximum atomic E-state index is 12.5. The Morgan fingerprint density at radius 1 is 1.23 bits per heavy atom. The molecule has 1 atom stereocenters. The van der Waals surface area contributed by atoms with Gasteiger partial charge in [-0.2, -0.15) is 8.78 Å². The average Bonchev–Trinajstić information content (AvgIpc) is 2.11. The highest BCUT2D eigenvalue weighted by Crippen LogP contribution is 2.32. The first-order valence-electron chi connectivity index (χ1n) is 2.94. The number of allylic oxidation sites excluding steroid dienone is 2. The summed E-state index contributed by atoms with van der Waals surface area (Å²) in [6.07, 6.45) is -2.20. The second-order valence-corrected chi connectivity index (χ2v) is 1.93. The van der Waals surface area contributed by atoms with Gasteiger partial charge in [0.1, 0.15) is 0 Å². The van der Waals surface area contributed by atoms with Gasteiger partial charge in [0.2, 0.25) is 17.5 Å². The molecule has 0 amide bonds. The molecule has 3 nitrogen and oxygen atoms in total. The topological polar surface area (TPSA) is 35.5 Å². The number of ether oxygens (including phenoxy) is 2. The summed E-state index contributed by atoms with van der Waals surface area (Å²) in [6, 6.07) is -1.97. The molecule has 0 fully saturated rings. The average molecular weight is 198 g/mol. The molecule has 1 heterocycles. The van der Waals surface area contributed by atoms with Crippen LogP contribution in [0, 0.1) is 0 Å². The van der Waals surface area contributed by atoms with E-state index in [1.807, 2.05) is 0 Å². The monoisotopic (exact) mass is 198 g/mol. The quantitative estimate of drug-likeness (QED) is 0.501. The smallest absolute Gasteiger partial charge is 0.315 e. The van der Waals surface area contributed by atoms with Gasteiger partial charge in [0, 0.05) is 0 Å². The molecule has 0 spiro atoms. The molecule has 0 N–H and O–H groups in total. The van der Waals surface area contributed by atoms with Crippen molar-refractivity contribution in [3.05, 3.63) is 23.5 Å². The molecule has 7 heteroatoms. The summed E-state index contributed by atoms with van der Waals surface area (Å²) >= 11 is 0. The van der Waals surface area contributed by atoms with Crippen LogP contribution in [0.2, 0.25) is 0 Å². The van der Waals surface area contributed by atoms with Crippen LogP contribution in [0.5, 0.6) is 0 Å². The second kappa shape index (κ2) is 3.46. The molecule has 1 aliphatic heterocycles. The van der Waals surface area contributed by atoms with Gasteiger partial charge < -0.3 is 9.47 Å². The Labute approximate surface area is 69.2 Å². The molecule has 72 valence electrons. The van der Waals surface area contributed by atoms with Crippen molar-refractivity contribution in [2.75, 3.05) is 0 Å². The van der Waals surface area contributed by atoms with Crippen molar-refractivity contribution in [1.29, 1.82) is 0 Å². The van der Waals surface area contributed by atoms with Crippen molar-refractivity contribution in [3.8, 4) is 0 Å². The lowest BCUT2D eigenvalue weighted by Crippen LogP contribution is -2.21. The van der Waals surface area contributed by atoms with E-state index in [-0.39, 0.29) is 6.47 Å². The minimum Gasteiger partial charge on any atom is -0.421 e. The fourth-order valence-electron chi connectivity index (χ4n) is 0.630. The molecule has 0 aromatic rings. The minimum atomic E-state index is -2.20. The number of carbonyl (C=O) groups is 1. The summed E-state index contributed by atoms with van der Waals surface area (Å²) < 4.78 is 56.8. The van der Waals surface area contributed by atoms with E-state index >= 15 is 0 Å². The summed E-state index contributed by atoms with van der Waals surface area (Å²) in [5.41, 5.74) is 0. The van der Waals surface area contributed by atoms with Crippen molar-refractivity contribution in [1.82, 2.24) is 0 Å². The Morgan fingerprint density at radius 3 is 2.38 bits per heavy atom. The normalized spacial score (nSPS) is 22.9. The highest BCUT2D eigenvalue weighted by atomic mass is 19.2. The Balaban J connectivity index is 2.96. The van der Waals surface area contributed by atoms with E-state index in [0.717, 1.165) is 0 Å². The van der Waals surface area contributed by atoms with Crippen LogP contribution in [0.1, 0.15) is 0 Å². The van der Waals surface area contributed by atoms with E-state index in [9.17, 15) is 22.4 Å². The first kappa shape index (κ1) is 9.56. The minimum absolute atomic E-state index is 0.284. The summed E-state index contributed by atoms with van der Waals surface area (Å²) in [4.78, 5) is 9.67. The van der Waals surface area contributed by atoms with Crippen LogP contribution in [0.25, 0.3) is 0 Å². The van der Waals surface area contributed by atoms with Crippen LogP contribution < -0.4 is 0 Å². The van der Waals surface area contributed by atoms with Crippen LogP contribution in [-0.4, -0.2) is 12.8 Å². The molecule has 1 unspecified atom stereocenters. The zero-order chi connectivity index (χ0) is 10.0. The molecule has 0 aromatic carbocycles. The number of hydrogen-bond acceptors (Lipinski definition) is 3. The first-order chi connectivity index (χ1) is 6.07. The molecule has 0 bridgehead atoms. The predicted molar refractivity (Wildman–Crippen MR) is 30.5 cm³/mol. The van der Waals surface area contributed by atoms with Crippen LogP contribution in [-0.2, 0) is 14.3 Å². The molecule has 1 aliphatic rings. The molecule has 0 aliphatic carbocycles. The highest BCUT2D eigenvalue weighted by Gasteiger charge is 2.34. The molecule has 0 radical (unpaired) electrons. The highest BCUT2D eigenvalue weighted by molar-refractivity contribution is 5.39. The molecule has 13 heavy (non-hydrogen) atoms. The fraction of sp³-hybridized carbons (Fsp3) is 0.167.